The van der Waals surface area contributed by atoms with Crippen molar-refractivity contribution < 1.29 is 43.5 Å². The average molecular weight is 384 g/mol. The van der Waals surface area contributed by atoms with Gasteiger partial charge in [0.2, 0.25) is 0 Å². The molecular weight excluding hydrogens is 376 g/mol. The van der Waals surface area contributed by atoms with Crippen LogP contribution in [0.5, 0.6) is 0 Å². The molecule has 5 heteroatoms. The zero-order valence-corrected chi connectivity index (χ0v) is 7.29. The van der Waals surface area contributed by atoms with Gasteiger partial charge >= 0.3 is 54.9 Å². The average Bonchev–Trinajstić information content (AvgIpc) is 1.90. The summed E-state index contributed by atoms with van der Waals surface area (Å²) >= 11 is 0. The molecule has 0 spiro atoms. The van der Waals surface area contributed by atoms with E-state index in [1.807, 2.05) is 0 Å². The van der Waals surface area contributed by atoms with Crippen molar-refractivity contribution in [1.29, 1.82) is 0 Å². The molecule has 71 valence electrons. The summed E-state index contributed by atoms with van der Waals surface area (Å²) in [6, 6.07) is 8.30. The second kappa shape index (κ2) is 10.4. The summed E-state index contributed by atoms with van der Waals surface area (Å²) in [5.41, 5.74) is 0.331. The van der Waals surface area contributed by atoms with Crippen LogP contribution in [0.15, 0.2) is 30.3 Å². The van der Waals surface area contributed by atoms with Gasteiger partial charge < -0.3 is 5.11 Å². The maximum atomic E-state index is 10.2. The molecule has 0 amide bonds. The van der Waals surface area contributed by atoms with Gasteiger partial charge in [-0.3, -0.25) is 0 Å². The van der Waals surface area contributed by atoms with Crippen molar-refractivity contribution in [2.45, 2.75) is 0 Å². The van der Waals surface area contributed by atoms with Crippen LogP contribution in [0.25, 0.3) is 0 Å². The topological polar surface area (TPSA) is 37.3 Å². The molecule has 2 nitrogen and oxygen atoms in total. The van der Waals surface area contributed by atoms with Crippen LogP contribution in [0, 0.1) is 0 Å². The first-order chi connectivity index (χ1) is 4.30. The summed E-state index contributed by atoms with van der Waals surface area (Å²) in [6.45, 7) is 0. The van der Waals surface area contributed by atoms with Gasteiger partial charge in [0.15, 0.2) is 0 Å². The first-order valence-corrected chi connectivity index (χ1v) is 2.59. The van der Waals surface area contributed by atoms with Gasteiger partial charge in [0.05, 0.1) is 5.56 Å². The molecule has 0 atom stereocenters. The Kier molecular flexibility index (Phi) is 16.3. The Labute approximate surface area is 132 Å². The number of hydrogen-bond acceptors (Lipinski definition) is 1. The predicted octanol–water partition coefficient (Wildman–Crippen LogP) is 0.464. The number of carboxylic acid groups (broad SMARTS) is 1. The van der Waals surface area contributed by atoms with Crippen molar-refractivity contribution in [1.82, 2.24) is 0 Å². The number of carbonyl (C=O) groups is 1. The second-order valence-corrected chi connectivity index (χ2v) is 1.67. The van der Waals surface area contributed by atoms with Crippen LogP contribution in [0.3, 0.4) is 0 Å². The Hall–Kier alpha value is 1.27. The molecule has 0 heterocycles. The normalized spacial score (nSPS) is 6.67. The van der Waals surface area contributed by atoms with E-state index in [4.69, 9.17) is 5.11 Å². The fraction of sp³-hybridized carbons (Fsp3) is 0. The molecule has 1 aromatic carbocycles. The number of hydrogen-bond donors (Lipinski definition) is 1. The fourth-order valence-corrected chi connectivity index (χ4v) is 0.581. The minimum Gasteiger partial charge on any atom is 0 e. The standard InChI is InChI=1S/C7H6O2.Ba.Cu.Ni.2H/c8-7(9)6-4-2-1-3-5-6;;;;;/h1-5H,(H,8,9);;;;;. The number of benzene rings is 1. The van der Waals surface area contributed by atoms with Crippen LogP contribution in [0.4, 0.5) is 0 Å². The molecule has 0 aliphatic rings. The van der Waals surface area contributed by atoms with E-state index in [1.54, 1.807) is 30.3 Å². The molecule has 0 aliphatic heterocycles. The van der Waals surface area contributed by atoms with Gasteiger partial charge in [0.25, 0.3) is 0 Å². The Morgan fingerprint density at radius 3 is 1.83 bits per heavy atom. The third-order valence-corrected chi connectivity index (χ3v) is 1.02. The van der Waals surface area contributed by atoms with Crippen LogP contribution >= 0.6 is 0 Å². The quantitative estimate of drug-likeness (QED) is 0.716. The van der Waals surface area contributed by atoms with Crippen LogP contribution < -0.4 is 0 Å². The van der Waals surface area contributed by atoms with Gasteiger partial charge in [-0.2, -0.15) is 0 Å². The molecular formula is C7H8BaCuNiO2. The molecule has 0 saturated carbocycles. The molecule has 0 saturated heterocycles. The maximum Gasteiger partial charge on any atom is 0 e. The largest absolute Gasteiger partial charge is 0 e. The van der Waals surface area contributed by atoms with Crippen molar-refractivity contribution in [2.24, 2.45) is 0 Å². The van der Waals surface area contributed by atoms with Gasteiger partial charge in [-0.25, -0.2) is 4.79 Å². The fourth-order valence-electron chi connectivity index (χ4n) is 0.581. The SMILES string of the molecule is O=C(O)c1ccccc1.[BaH2].[Cu].[Ni]. The number of aromatic carboxylic acids is 1. The Bertz CT molecular complexity index is 218. The molecule has 0 aromatic heterocycles. The zero-order valence-electron chi connectivity index (χ0n) is 5.36. The molecule has 1 radical (unpaired) electrons. The second-order valence-electron chi connectivity index (χ2n) is 1.67. The maximum absolute atomic E-state index is 10.2. The van der Waals surface area contributed by atoms with Crippen molar-refractivity contribution >= 4 is 54.9 Å². The van der Waals surface area contributed by atoms with Crippen LogP contribution in [-0.2, 0) is 33.6 Å². The van der Waals surface area contributed by atoms with Crippen molar-refractivity contribution in [2.75, 3.05) is 0 Å². The molecule has 1 rings (SSSR count). The van der Waals surface area contributed by atoms with E-state index in [9.17, 15) is 4.79 Å². The zero-order chi connectivity index (χ0) is 6.69. The van der Waals surface area contributed by atoms with E-state index in [0.717, 1.165) is 0 Å². The van der Waals surface area contributed by atoms with Crippen molar-refractivity contribution in [3.8, 4) is 0 Å². The summed E-state index contributed by atoms with van der Waals surface area (Å²) in [5, 5.41) is 8.38. The third-order valence-electron chi connectivity index (χ3n) is 1.02. The smallest absolute Gasteiger partial charge is 0 e. The number of carboxylic acids is 1. The van der Waals surface area contributed by atoms with Gasteiger partial charge in [-0.15, -0.1) is 0 Å². The molecule has 1 aromatic rings. The van der Waals surface area contributed by atoms with Crippen LogP contribution in [-0.4, -0.2) is 60.0 Å². The molecule has 0 fully saturated rings. The van der Waals surface area contributed by atoms with E-state index in [-0.39, 0.29) is 82.4 Å². The van der Waals surface area contributed by atoms with E-state index >= 15 is 0 Å². The van der Waals surface area contributed by atoms with Gasteiger partial charge in [-0.1, -0.05) is 18.2 Å². The molecule has 1 N–H and O–H groups in total. The molecule has 12 heavy (non-hydrogen) atoms. The summed E-state index contributed by atoms with van der Waals surface area (Å²) < 4.78 is 0. The molecule has 0 unspecified atom stereocenters. The predicted molar refractivity (Wildman–Crippen MR) is 41.9 cm³/mol. The summed E-state index contributed by atoms with van der Waals surface area (Å²) in [5.74, 6) is -0.879. The summed E-state index contributed by atoms with van der Waals surface area (Å²) in [7, 11) is 0. The monoisotopic (exact) mass is 383 g/mol. The first-order valence-electron chi connectivity index (χ1n) is 2.59. The van der Waals surface area contributed by atoms with E-state index < -0.39 is 5.97 Å². The molecule has 0 bridgehead atoms. The van der Waals surface area contributed by atoms with E-state index in [1.165, 1.54) is 0 Å². The third kappa shape index (κ3) is 6.75. The van der Waals surface area contributed by atoms with Gasteiger partial charge in [-0.05, 0) is 12.1 Å². The van der Waals surface area contributed by atoms with Crippen molar-refractivity contribution in [3.05, 3.63) is 35.9 Å². The summed E-state index contributed by atoms with van der Waals surface area (Å²) in [4.78, 5) is 10.2. The van der Waals surface area contributed by atoms with Gasteiger partial charge in [0, 0.05) is 33.6 Å². The van der Waals surface area contributed by atoms with E-state index in [0.29, 0.717) is 5.56 Å². The Morgan fingerprint density at radius 2 is 1.58 bits per heavy atom. The number of rotatable bonds is 1. The Balaban J connectivity index is -0.000000270. The van der Waals surface area contributed by atoms with Crippen LogP contribution in [0.2, 0.25) is 0 Å². The minimum absolute atomic E-state index is 0. The minimum atomic E-state index is -0.879. The molecule has 0 aliphatic carbocycles. The first kappa shape index (κ1) is 18.9. The van der Waals surface area contributed by atoms with Gasteiger partial charge in [0.1, 0.15) is 0 Å². The Morgan fingerprint density at radius 1 is 1.17 bits per heavy atom. The summed E-state index contributed by atoms with van der Waals surface area (Å²) in [6.07, 6.45) is 0. The van der Waals surface area contributed by atoms with E-state index in [2.05, 4.69) is 0 Å². The van der Waals surface area contributed by atoms with Crippen molar-refractivity contribution in [3.63, 3.8) is 0 Å². The van der Waals surface area contributed by atoms with Crippen LogP contribution in [0.1, 0.15) is 10.4 Å².